The van der Waals surface area contributed by atoms with E-state index in [9.17, 15) is 4.79 Å². The quantitative estimate of drug-likeness (QED) is 0.248. The van der Waals surface area contributed by atoms with Gasteiger partial charge in [0, 0.05) is 30.5 Å². The van der Waals surface area contributed by atoms with Gasteiger partial charge in [-0.1, -0.05) is 51.7 Å². The van der Waals surface area contributed by atoms with Crippen molar-refractivity contribution < 1.29 is 26.5 Å². The summed E-state index contributed by atoms with van der Waals surface area (Å²) < 4.78 is 7.50. The van der Waals surface area contributed by atoms with Gasteiger partial charge in [-0.25, -0.2) is 9.36 Å². The van der Waals surface area contributed by atoms with Crippen molar-refractivity contribution in [3.63, 3.8) is 0 Å². The van der Waals surface area contributed by atoms with Crippen LogP contribution in [0.3, 0.4) is 0 Å². The molecule has 0 bridgehead atoms. The third-order valence-corrected chi connectivity index (χ3v) is 4.08. The lowest BCUT2D eigenvalue weighted by molar-refractivity contribution is -0.724. The highest BCUT2D eigenvalue weighted by Gasteiger charge is 2.18. The Morgan fingerprint density at radius 1 is 1.04 bits per heavy atom. The van der Waals surface area contributed by atoms with Gasteiger partial charge in [-0.3, -0.25) is 0 Å². The van der Waals surface area contributed by atoms with Crippen molar-refractivity contribution in [2.24, 2.45) is 0 Å². The van der Waals surface area contributed by atoms with E-state index in [1.807, 2.05) is 18.2 Å². The van der Waals surface area contributed by atoms with Crippen LogP contribution in [0.25, 0.3) is 0 Å². The second-order valence-electron chi connectivity index (χ2n) is 6.24. The number of hydrogen-bond acceptors (Lipinski definition) is 2. The molecule has 0 aliphatic rings. The first-order valence-electron chi connectivity index (χ1n) is 8.93. The predicted molar refractivity (Wildman–Crippen MR) is 94.1 cm³/mol. The number of ether oxygens (including phenoxy) is 1. The van der Waals surface area contributed by atoms with E-state index >= 15 is 0 Å². The largest absolute Gasteiger partial charge is 1.00 e. The number of pyridine rings is 1. The van der Waals surface area contributed by atoms with Crippen LogP contribution in [0.1, 0.15) is 71.3 Å². The summed E-state index contributed by atoms with van der Waals surface area (Å²) in [5.74, 6) is -0.290. The lowest BCUT2D eigenvalue weighted by atomic mass is 10.0. The Bertz CT molecular complexity index is 462. The van der Waals surface area contributed by atoms with E-state index in [0.29, 0.717) is 18.2 Å². The van der Waals surface area contributed by atoms with Crippen molar-refractivity contribution in [1.29, 1.82) is 0 Å². The number of rotatable bonds is 12. The van der Waals surface area contributed by atoms with Crippen molar-refractivity contribution in [2.45, 2.75) is 71.3 Å². The van der Waals surface area contributed by atoms with Crippen LogP contribution in [0, 0.1) is 0 Å². The second kappa shape index (κ2) is 14.0. The van der Waals surface area contributed by atoms with E-state index in [-0.39, 0.29) is 18.4 Å². The maximum Gasteiger partial charge on any atom is 0.333 e. The highest BCUT2D eigenvalue weighted by Crippen LogP contribution is 2.16. The molecule has 4 heteroatoms. The molecule has 24 heavy (non-hydrogen) atoms. The fraction of sp³-hybridized carbons (Fsp3) is 0.600. The van der Waals surface area contributed by atoms with Gasteiger partial charge in [0.1, 0.15) is 0 Å². The maximum atomic E-state index is 11.5. The molecule has 0 aliphatic carbocycles. The Morgan fingerprint density at radius 2 is 1.67 bits per heavy atom. The number of esters is 1. The molecule has 0 aliphatic heterocycles. The van der Waals surface area contributed by atoms with E-state index in [0.717, 1.165) is 12.8 Å². The van der Waals surface area contributed by atoms with E-state index in [2.05, 4.69) is 30.5 Å². The van der Waals surface area contributed by atoms with Crippen molar-refractivity contribution in [3.8, 4) is 0 Å². The van der Waals surface area contributed by atoms with Crippen molar-refractivity contribution >= 4 is 5.97 Å². The van der Waals surface area contributed by atoms with Gasteiger partial charge in [-0.2, -0.15) is 0 Å². The van der Waals surface area contributed by atoms with Gasteiger partial charge < -0.3 is 17.1 Å². The first-order chi connectivity index (χ1) is 11.1. The topological polar surface area (TPSA) is 30.2 Å². The Hall–Kier alpha value is -1.35. The molecule has 1 rings (SSSR count). The number of hydrogen-bond donors (Lipinski definition) is 0. The third kappa shape index (κ3) is 9.71. The van der Waals surface area contributed by atoms with Gasteiger partial charge in [0.15, 0.2) is 18.4 Å². The molecule has 1 atom stereocenters. The Labute approximate surface area is 153 Å². The summed E-state index contributed by atoms with van der Waals surface area (Å²) in [6, 6.07) is 6.52. The number of carbonyl (C=O) groups is 1. The smallest absolute Gasteiger partial charge is 0.333 e. The normalized spacial score (nSPS) is 11.4. The molecule has 1 unspecified atom stereocenters. The summed E-state index contributed by atoms with van der Waals surface area (Å²) in [5.41, 5.74) is 0.463. The minimum atomic E-state index is -0.290. The molecule has 0 fully saturated rings. The van der Waals surface area contributed by atoms with Crippen molar-refractivity contribution in [2.75, 3.05) is 6.61 Å². The molecule has 0 aromatic carbocycles. The van der Waals surface area contributed by atoms with Crippen LogP contribution in [-0.4, -0.2) is 12.6 Å². The summed E-state index contributed by atoms with van der Waals surface area (Å²) in [6.45, 7) is 8.00. The number of nitrogens with zero attached hydrogens (tertiary/aromatic N) is 1. The molecule has 3 nitrogen and oxygen atoms in total. The molecule has 0 saturated carbocycles. The molecule has 1 heterocycles. The highest BCUT2D eigenvalue weighted by molar-refractivity contribution is 5.86. The molecule has 0 radical (unpaired) electrons. The van der Waals surface area contributed by atoms with E-state index in [1.54, 1.807) is 6.92 Å². The zero-order chi connectivity index (χ0) is 16.9. The molecule has 1 aromatic rings. The van der Waals surface area contributed by atoms with Crippen LogP contribution in [-0.2, 0) is 9.53 Å². The summed E-state index contributed by atoms with van der Waals surface area (Å²) in [6.07, 6.45) is 14.0. The molecular formula is C20H32ClNO2. The first kappa shape index (κ1) is 22.6. The van der Waals surface area contributed by atoms with Crippen LogP contribution < -0.4 is 17.0 Å². The SMILES string of the molecule is C=C(C)C(=O)OCCC(CCCCCCCC)[n+]1ccccc1.[Cl-]. The molecule has 0 amide bonds. The average Bonchev–Trinajstić information content (AvgIpc) is 2.56. The number of unbranched alkanes of at least 4 members (excludes halogenated alkanes) is 5. The minimum Gasteiger partial charge on any atom is -1.00 e. The zero-order valence-electron chi connectivity index (χ0n) is 15.2. The fourth-order valence-corrected chi connectivity index (χ4v) is 2.67. The van der Waals surface area contributed by atoms with E-state index in [1.165, 1.54) is 38.5 Å². The summed E-state index contributed by atoms with van der Waals surface area (Å²) in [7, 11) is 0. The van der Waals surface area contributed by atoms with Gasteiger partial charge in [0.25, 0.3) is 0 Å². The van der Waals surface area contributed by atoms with Crippen LogP contribution >= 0.6 is 0 Å². The van der Waals surface area contributed by atoms with Crippen molar-refractivity contribution in [1.82, 2.24) is 0 Å². The molecular weight excluding hydrogens is 322 g/mol. The standard InChI is InChI=1S/C20H32NO2.ClH/c1-4-5-6-7-8-10-13-19(21-15-11-9-12-16-21)14-17-23-20(22)18(2)3;/h9,11-12,15-16,19H,2,4-8,10,13-14,17H2,1,3H3;1H/q+1;/p-1. The number of carbonyl (C=O) groups excluding carboxylic acids is 1. The first-order valence-corrected chi connectivity index (χ1v) is 8.93. The van der Waals surface area contributed by atoms with Crippen LogP contribution in [0.5, 0.6) is 0 Å². The maximum absolute atomic E-state index is 11.5. The van der Waals surface area contributed by atoms with Gasteiger partial charge >= 0.3 is 5.97 Å². The Morgan fingerprint density at radius 3 is 2.29 bits per heavy atom. The molecule has 136 valence electrons. The van der Waals surface area contributed by atoms with Crippen LogP contribution in [0.2, 0.25) is 0 Å². The van der Waals surface area contributed by atoms with Gasteiger partial charge in [-0.05, 0) is 13.3 Å². The van der Waals surface area contributed by atoms with Gasteiger partial charge in [0.05, 0.1) is 6.61 Å². The lowest BCUT2D eigenvalue weighted by Gasteiger charge is -2.13. The molecule has 1 aromatic heterocycles. The molecule has 0 saturated heterocycles. The number of halogens is 1. The minimum absolute atomic E-state index is 0. The van der Waals surface area contributed by atoms with Crippen LogP contribution in [0.15, 0.2) is 42.7 Å². The monoisotopic (exact) mass is 353 g/mol. The third-order valence-electron chi connectivity index (χ3n) is 4.08. The Kier molecular flexibility index (Phi) is 13.2. The van der Waals surface area contributed by atoms with E-state index in [4.69, 9.17) is 4.74 Å². The average molecular weight is 354 g/mol. The van der Waals surface area contributed by atoms with Gasteiger partial charge in [-0.15, -0.1) is 0 Å². The zero-order valence-corrected chi connectivity index (χ0v) is 15.9. The van der Waals surface area contributed by atoms with E-state index < -0.39 is 0 Å². The summed E-state index contributed by atoms with van der Waals surface area (Å²) in [5, 5.41) is 0. The van der Waals surface area contributed by atoms with Crippen LogP contribution in [0.4, 0.5) is 0 Å². The predicted octanol–water partition coefficient (Wildman–Crippen LogP) is 1.78. The molecule has 0 N–H and O–H groups in total. The van der Waals surface area contributed by atoms with Crippen molar-refractivity contribution in [3.05, 3.63) is 42.7 Å². The number of aromatic nitrogens is 1. The lowest BCUT2D eigenvalue weighted by Crippen LogP contribution is -3.00. The Balaban J connectivity index is 0.00000529. The summed E-state index contributed by atoms with van der Waals surface area (Å²) in [4.78, 5) is 11.5. The molecule has 0 spiro atoms. The summed E-state index contributed by atoms with van der Waals surface area (Å²) >= 11 is 0. The second-order valence-corrected chi connectivity index (χ2v) is 6.24. The fourth-order valence-electron chi connectivity index (χ4n) is 2.67. The van der Waals surface area contributed by atoms with Gasteiger partial charge in [0.2, 0.25) is 0 Å². The highest BCUT2D eigenvalue weighted by atomic mass is 35.5.